The fourth-order valence-electron chi connectivity index (χ4n) is 3.73. The highest BCUT2D eigenvalue weighted by atomic mass is 32.3. The topological polar surface area (TPSA) is 172 Å². The van der Waals surface area contributed by atoms with E-state index < -0.39 is 34.0 Å². The highest BCUT2D eigenvalue weighted by Crippen LogP contribution is 2.65. The third kappa shape index (κ3) is 5.71. The number of amides is 4. The molecule has 1 heterocycles. The summed E-state index contributed by atoms with van der Waals surface area (Å²) in [5.74, 6) is -3.97. The molecule has 3 aromatic rings. The van der Waals surface area contributed by atoms with Gasteiger partial charge in [0.2, 0.25) is 0 Å². The van der Waals surface area contributed by atoms with Gasteiger partial charge in [-0.05, 0) is 47.2 Å². The highest BCUT2D eigenvalue weighted by molar-refractivity contribution is 8.31. The molecular formula is C26H26N4O7S. The molecule has 1 atom stereocenters. The van der Waals surface area contributed by atoms with Crippen molar-refractivity contribution in [3.8, 4) is 17.2 Å². The molecule has 4 rings (SSSR count). The molecule has 0 fully saturated rings. The Balaban J connectivity index is 1.64. The summed E-state index contributed by atoms with van der Waals surface area (Å²) in [5.41, 5.74) is 11.4. The molecule has 0 saturated heterocycles. The van der Waals surface area contributed by atoms with Crippen LogP contribution in [0, 0.1) is 0 Å². The minimum atomic E-state index is -3.10. The summed E-state index contributed by atoms with van der Waals surface area (Å²) in [4.78, 5) is 48.9. The highest BCUT2D eigenvalue weighted by Gasteiger charge is 2.42. The number of hydrogen-bond acceptors (Lipinski definition) is 7. The van der Waals surface area contributed by atoms with Crippen LogP contribution in [0.2, 0.25) is 0 Å². The van der Waals surface area contributed by atoms with Gasteiger partial charge >= 0.3 is 23.6 Å². The third-order valence-corrected chi connectivity index (χ3v) is 8.36. The SMILES string of the molecule is C[C@@H](COCc1ccccc1)Oc1ccc2c(c1)Oc1ccccc1S2(NC(=O)C(N)=O)NC(=O)C(N)=O. The molecule has 0 unspecified atom stereocenters. The van der Waals surface area contributed by atoms with E-state index in [9.17, 15) is 19.2 Å². The Morgan fingerprint density at radius 1 is 0.842 bits per heavy atom. The van der Waals surface area contributed by atoms with Crippen molar-refractivity contribution in [3.05, 3.63) is 78.4 Å². The molecule has 0 aliphatic carbocycles. The van der Waals surface area contributed by atoms with Gasteiger partial charge in [0.05, 0.1) is 23.0 Å². The molecule has 0 aromatic heterocycles. The fraction of sp³-hybridized carbons (Fsp3) is 0.154. The zero-order valence-corrected chi connectivity index (χ0v) is 21.2. The predicted octanol–water partition coefficient (Wildman–Crippen LogP) is 2.03. The number of rotatable bonds is 8. The van der Waals surface area contributed by atoms with Gasteiger partial charge in [-0.25, -0.2) is 0 Å². The Kier molecular flexibility index (Phi) is 7.84. The summed E-state index contributed by atoms with van der Waals surface area (Å²) < 4.78 is 22.8. The minimum Gasteiger partial charge on any atom is -0.488 e. The van der Waals surface area contributed by atoms with Gasteiger partial charge in [0, 0.05) is 6.07 Å². The number of carbonyl (C=O) groups is 4. The van der Waals surface area contributed by atoms with Crippen molar-refractivity contribution in [2.45, 2.75) is 29.4 Å². The summed E-state index contributed by atoms with van der Waals surface area (Å²) in [6.45, 7) is 2.59. The zero-order valence-electron chi connectivity index (χ0n) is 20.3. The van der Waals surface area contributed by atoms with Crippen molar-refractivity contribution in [1.29, 1.82) is 0 Å². The first-order valence-electron chi connectivity index (χ1n) is 11.5. The quantitative estimate of drug-likeness (QED) is 0.318. The molecule has 6 N–H and O–H groups in total. The molecular weight excluding hydrogens is 512 g/mol. The smallest absolute Gasteiger partial charge is 0.319 e. The molecule has 38 heavy (non-hydrogen) atoms. The largest absolute Gasteiger partial charge is 0.488 e. The molecule has 4 amide bonds. The monoisotopic (exact) mass is 538 g/mol. The van der Waals surface area contributed by atoms with Crippen LogP contribution >= 0.6 is 10.4 Å². The Morgan fingerprint density at radius 3 is 2.11 bits per heavy atom. The van der Waals surface area contributed by atoms with Crippen molar-refractivity contribution in [1.82, 2.24) is 9.44 Å². The van der Waals surface area contributed by atoms with E-state index in [4.69, 9.17) is 25.7 Å². The van der Waals surface area contributed by atoms with Gasteiger partial charge < -0.3 is 25.7 Å². The lowest BCUT2D eigenvalue weighted by atomic mass is 10.2. The third-order valence-electron chi connectivity index (χ3n) is 5.38. The second-order valence-corrected chi connectivity index (χ2v) is 10.8. The molecule has 0 bridgehead atoms. The van der Waals surface area contributed by atoms with E-state index in [2.05, 4.69) is 9.44 Å². The van der Waals surface area contributed by atoms with Crippen LogP contribution in [0.1, 0.15) is 12.5 Å². The number of benzene rings is 3. The number of ether oxygens (including phenoxy) is 3. The number of hydrogen-bond donors (Lipinski definition) is 4. The second-order valence-electron chi connectivity index (χ2n) is 8.29. The minimum absolute atomic E-state index is 0.225. The van der Waals surface area contributed by atoms with Crippen LogP contribution in [-0.4, -0.2) is 36.3 Å². The lowest BCUT2D eigenvalue weighted by Crippen LogP contribution is -2.48. The lowest BCUT2D eigenvalue weighted by molar-refractivity contribution is -0.136. The van der Waals surface area contributed by atoms with E-state index in [1.165, 1.54) is 0 Å². The molecule has 11 nitrogen and oxygen atoms in total. The molecule has 198 valence electrons. The molecule has 12 heteroatoms. The maximum atomic E-state index is 12.5. The maximum absolute atomic E-state index is 12.5. The van der Waals surface area contributed by atoms with Crippen LogP contribution in [0.3, 0.4) is 0 Å². The summed E-state index contributed by atoms with van der Waals surface area (Å²) in [5, 5.41) is 0. The molecule has 0 saturated carbocycles. The van der Waals surface area contributed by atoms with Crippen molar-refractivity contribution >= 4 is 34.0 Å². The van der Waals surface area contributed by atoms with E-state index >= 15 is 0 Å². The second kappa shape index (κ2) is 11.2. The first-order chi connectivity index (χ1) is 18.2. The molecule has 1 aliphatic rings. The average Bonchev–Trinajstić information content (AvgIpc) is 2.89. The molecule has 1 aliphatic heterocycles. The Morgan fingerprint density at radius 2 is 1.45 bits per heavy atom. The van der Waals surface area contributed by atoms with E-state index in [-0.39, 0.29) is 17.6 Å². The maximum Gasteiger partial charge on any atom is 0.319 e. The Labute approximate surface area is 220 Å². The van der Waals surface area contributed by atoms with Crippen LogP contribution in [-0.2, 0) is 30.5 Å². The average molecular weight is 539 g/mol. The number of nitrogens with two attached hydrogens (primary N) is 2. The number of para-hydroxylation sites is 1. The number of nitrogens with one attached hydrogen (secondary N) is 2. The summed E-state index contributed by atoms with van der Waals surface area (Å²) >= 11 is 0. The first kappa shape index (κ1) is 26.5. The van der Waals surface area contributed by atoms with Crippen molar-refractivity contribution < 1.29 is 33.4 Å². The normalized spacial score (nSPS) is 14.4. The summed E-state index contributed by atoms with van der Waals surface area (Å²) in [7, 11) is -3.10. The molecule has 3 aromatic carbocycles. The van der Waals surface area contributed by atoms with Crippen LogP contribution in [0.15, 0.2) is 82.6 Å². The van der Waals surface area contributed by atoms with E-state index in [1.54, 1.807) is 42.5 Å². The van der Waals surface area contributed by atoms with Crippen LogP contribution in [0.4, 0.5) is 0 Å². The van der Waals surface area contributed by atoms with Gasteiger partial charge in [-0.1, -0.05) is 42.5 Å². The number of fused-ring (bicyclic) bond motifs is 2. The van der Waals surface area contributed by atoms with Crippen molar-refractivity contribution in [2.24, 2.45) is 11.5 Å². The van der Waals surface area contributed by atoms with Gasteiger partial charge in [0.15, 0.2) is 0 Å². The van der Waals surface area contributed by atoms with Crippen LogP contribution in [0.5, 0.6) is 17.2 Å². The molecule has 0 radical (unpaired) electrons. The van der Waals surface area contributed by atoms with E-state index in [0.29, 0.717) is 28.8 Å². The fourth-order valence-corrected chi connectivity index (χ4v) is 6.58. The van der Waals surface area contributed by atoms with Gasteiger partial charge in [0.1, 0.15) is 23.4 Å². The lowest BCUT2D eigenvalue weighted by Gasteiger charge is -2.44. The predicted molar refractivity (Wildman–Crippen MR) is 138 cm³/mol. The number of primary amides is 2. The van der Waals surface area contributed by atoms with Crippen LogP contribution in [0.25, 0.3) is 0 Å². The zero-order chi connectivity index (χ0) is 27.3. The first-order valence-corrected chi connectivity index (χ1v) is 13.1. The molecule has 0 spiro atoms. The Hall–Kier alpha value is -4.55. The standard InChI is InChI=1S/C26H26N4O7S/c1-16(14-35-15-17-7-3-2-4-8-17)36-18-11-12-22-20(13-18)37-19-9-5-6-10-21(19)38(22,29-25(33)23(27)31)30-26(34)24(28)32/h2-13,16H,14-15H2,1H3,(H2,27,31)(H2,28,32)(H,29,33)(H,30,34)/t16-/m0/s1. The summed E-state index contributed by atoms with van der Waals surface area (Å²) in [6.07, 6.45) is -0.325. The van der Waals surface area contributed by atoms with Crippen molar-refractivity contribution in [2.75, 3.05) is 6.61 Å². The Bertz CT molecular complexity index is 1360. The van der Waals surface area contributed by atoms with Gasteiger partial charge in [-0.2, -0.15) is 0 Å². The summed E-state index contributed by atoms with van der Waals surface area (Å²) in [6, 6.07) is 21.0. The number of carbonyl (C=O) groups excluding carboxylic acids is 4. The van der Waals surface area contributed by atoms with Crippen molar-refractivity contribution in [3.63, 3.8) is 0 Å². The van der Waals surface area contributed by atoms with Gasteiger partial charge in [0.25, 0.3) is 0 Å². The van der Waals surface area contributed by atoms with E-state index in [0.717, 1.165) is 5.56 Å². The van der Waals surface area contributed by atoms with Gasteiger partial charge in [-0.3, -0.25) is 28.6 Å². The van der Waals surface area contributed by atoms with E-state index in [1.807, 2.05) is 37.3 Å². The van der Waals surface area contributed by atoms with Gasteiger partial charge in [-0.15, -0.1) is 0 Å². The van der Waals surface area contributed by atoms with Crippen LogP contribution < -0.4 is 30.4 Å².